The van der Waals surface area contributed by atoms with Crippen molar-refractivity contribution in [3.63, 3.8) is 0 Å². The van der Waals surface area contributed by atoms with E-state index in [0.29, 0.717) is 107 Å². The Labute approximate surface area is 469 Å². The lowest BCUT2D eigenvalue weighted by Crippen LogP contribution is -2.73. The maximum absolute atomic E-state index is 15.2. The van der Waals surface area contributed by atoms with Crippen molar-refractivity contribution < 1.29 is 46.6 Å². The fraction of sp³-hybridized carbons (Fsp3) is 0.655. The summed E-state index contributed by atoms with van der Waals surface area (Å²) in [6.45, 7) is 14.2. The van der Waals surface area contributed by atoms with Gasteiger partial charge in [-0.05, 0) is 87.5 Å². The maximum Gasteiger partial charge on any atom is 0.406 e. The van der Waals surface area contributed by atoms with Gasteiger partial charge < -0.3 is 33.9 Å². The van der Waals surface area contributed by atoms with E-state index in [0.717, 1.165) is 31.9 Å². The highest BCUT2D eigenvalue weighted by Gasteiger charge is 2.57. The average molecular weight is 1130 g/mol. The van der Waals surface area contributed by atoms with Crippen LogP contribution in [0.5, 0.6) is 0 Å². The molecule has 80 heavy (non-hydrogen) atoms. The lowest BCUT2D eigenvalue weighted by molar-refractivity contribution is -0.197. The van der Waals surface area contributed by atoms with Crippen LogP contribution < -0.4 is 21.0 Å². The second-order valence-electron chi connectivity index (χ2n) is 25.1. The highest BCUT2D eigenvalue weighted by molar-refractivity contribution is 7.10. The van der Waals surface area contributed by atoms with Gasteiger partial charge >= 0.3 is 12.1 Å². The van der Waals surface area contributed by atoms with E-state index in [1.54, 1.807) is 19.2 Å². The first-order valence-electron chi connectivity index (χ1n) is 28.9. The van der Waals surface area contributed by atoms with Crippen LogP contribution >= 0.6 is 11.3 Å². The zero-order chi connectivity index (χ0) is 56.0. The Bertz CT molecular complexity index is 3020. The van der Waals surface area contributed by atoms with Crippen LogP contribution in [0, 0.1) is 17.3 Å². The molecule has 2 aliphatic carbocycles. The number of amides is 3. The summed E-state index contributed by atoms with van der Waals surface area (Å²) < 4.78 is 65.2. The number of esters is 1. The van der Waals surface area contributed by atoms with E-state index in [1.807, 2.05) is 63.2 Å². The maximum atomic E-state index is 15.2. The largest absolute Gasteiger partial charge is 0.464 e. The molecule has 5 saturated heterocycles. The molecule has 3 N–H and O–H groups in total. The minimum atomic E-state index is -4.61. The molecule has 6 atom stereocenters. The number of rotatable bonds is 12. The summed E-state index contributed by atoms with van der Waals surface area (Å²) in [5, 5.41) is 11.0. The number of nitrogens with one attached hydrogen (secondary N) is 3. The molecule has 432 valence electrons. The summed E-state index contributed by atoms with van der Waals surface area (Å²) >= 11 is 1.33. The van der Waals surface area contributed by atoms with Gasteiger partial charge in [-0.2, -0.15) is 13.2 Å². The molecule has 3 amide bonds. The highest BCUT2D eigenvalue weighted by atomic mass is 32.1. The smallest absolute Gasteiger partial charge is 0.406 e. The highest BCUT2D eigenvalue weighted by Crippen LogP contribution is 2.45. The van der Waals surface area contributed by atoms with Crippen molar-refractivity contribution >= 4 is 51.6 Å². The molecule has 0 unspecified atom stereocenters. The molecule has 18 nitrogen and oxygen atoms in total. The van der Waals surface area contributed by atoms with Gasteiger partial charge in [-0.3, -0.25) is 44.3 Å². The van der Waals surface area contributed by atoms with E-state index in [1.165, 1.54) is 46.6 Å². The van der Waals surface area contributed by atoms with Crippen LogP contribution in [0.3, 0.4) is 0 Å². The molecule has 7 fully saturated rings. The number of pyridine rings is 1. The normalized spacial score (nSPS) is 26.5. The van der Waals surface area contributed by atoms with E-state index in [9.17, 15) is 19.2 Å². The lowest BCUT2D eigenvalue weighted by atomic mass is 9.84. The SMILES string of the molecule is CO[C@@H](C)c1ncc(N2CCN(C3CC3)CC2)cc1-c1c2c3cc(ccc3n1CC(F)(F)F)-c1csc(n1)C[C@H](NC(=O)[C@H](C(C)C)N1CCOC3(CN(C(=O)[C@@H]4N[C@@H]4C4CC4)C3)C1)C(=O)N1CCC[C@H](N1)C(=O)OCC(C)(C)C2. The Hall–Kier alpha value is -5.23. The second kappa shape index (κ2) is 21.5. The molecular formula is C58H76F3N11O7S. The third-order valence-electron chi connectivity index (χ3n) is 17.8. The van der Waals surface area contributed by atoms with Gasteiger partial charge in [0.1, 0.15) is 30.3 Å². The Morgan fingerprint density at radius 2 is 1.76 bits per heavy atom. The Balaban J connectivity index is 0.882. The van der Waals surface area contributed by atoms with Gasteiger partial charge in [-0.15, -0.1) is 11.3 Å². The molecule has 1 aromatic carbocycles. The van der Waals surface area contributed by atoms with Crippen LogP contribution in [0.4, 0.5) is 18.9 Å². The first kappa shape index (κ1) is 55.3. The van der Waals surface area contributed by atoms with Crippen molar-refractivity contribution in [2.24, 2.45) is 17.3 Å². The first-order valence-corrected chi connectivity index (χ1v) is 29.8. The van der Waals surface area contributed by atoms with E-state index in [4.69, 9.17) is 24.2 Å². The molecule has 1 spiro atoms. The van der Waals surface area contributed by atoms with Crippen molar-refractivity contribution in [3.8, 4) is 22.5 Å². The van der Waals surface area contributed by atoms with Gasteiger partial charge in [0.2, 0.25) is 11.8 Å². The number of hydrogen-bond donors (Lipinski definition) is 3. The van der Waals surface area contributed by atoms with Crippen molar-refractivity contribution in [2.75, 3.05) is 84.1 Å². The number of cyclic esters (lactones) is 1. The number of piperazine rings is 1. The van der Waals surface area contributed by atoms with Crippen molar-refractivity contribution in [2.45, 2.75) is 147 Å². The summed E-state index contributed by atoms with van der Waals surface area (Å²) in [7, 11) is 1.57. The number of anilines is 1. The Morgan fingerprint density at radius 3 is 2.48 bits per heavy atom. The molecule has 0 radical (unpaired) electrons. The van der Waals surface area contributed by atoms with Gasteiger partial charge in [0.25, 0.3) is 5.91 Å². The Morgan fingerprint density at radius 1 is 0.988 bits per heavy atom. The van der Waals surface area contributed by atoms with E-state index < -0.39 is 59.8 Å². The number of halogens is 3. The number of hydrazine groups is 1. The number of carbonyl (C=O) groups excluding carboxylic acids is 4. The standard InChI is InChI=1S/C58H76F3N11O7S/c1-33(2)50(69-20-21-79-57(28-69)29-70(30-57)54(75)49-48(65-49)35-9-10-35)52(73)64-43-24-46-63-44(27-80-46)36-11-14-45-39(22-36)41(25-56(4,5)32-78-55(76)42-8-7-15-72(66-42)53(43)74)51(71(45)31-58(59,60)61)40-23-38(26-62-47(40)34(3)77-6)68-18-16-67(17-19-68)37-12-13-37/h11,14,22-23,26-27,33-35,37,42-43,48-50,65-66H,7-10,12-13,15-21,24-25,28-32H2,1-6H3,(H,64,73)/t34-,42-,43-,48+,49+,50-/m0/s1. The summed E-state index contributed by atoms with van der Waals surface area (Å²) in [5.41, 5.74) is 6.23. The van der Waals surface area contributed by atoms with Crippen molar-refractivity contribution in [3.05, 3.63) is 52.1 Å². The molecule has 4 aromatic rings. The number of aromatic nitrogens is 3. The number of thiazole rings is 1. The topological polar surface area (TPSA) is 189 Å². The minimum Gasteiger partial charge on any atom is -0.464 e. The molecule has 8 aliphatic rings. The zero-order valence-corrected chi connectivity index (χ0v) is 47.6. The van der Waals surface area contributed by atoms with Gasteiger partial charge in [-0.25, -0.2) is 10.4 Å². The van der Waals surface area contributed by atoms with Crippen LogP contribution in [0.25, 0.3) is 33.4 Å². The number of ether oxygens (including phenoxy) is 3. The van der Waals surface area contributed by atoms with Crippen LogP contribution in [-0.2, 0) is 52.8 Å². The summed E-state index contributed by atoms with van der Waals surface area (Å²) in [4.78, 5) is 76.1. The van der Waals surface area contributed by atoms with Gasteiger partial charge in [0.05, 0.1) is 72.4 Å². The zero-order valence-electron chi connectivity index (χ0n) is 46.8. The molecule has 22 heteroatoms. The average Bonchev–Trinajstić information content (AvgIpc) is 3.80. The summed E-state index contributed by atoms with van der Waals surface area (Å²) in [6.07, 6.45) is 2.51. The number of benzene rings is 1. The van der Waals surface area contributed by atoms with Crippen LogP contribution in [-0.4, -0.2) is 185 Å². The van der Waals surface area contributed by atoms with Crippen LogP contribution in [0.2, 0.25) is 0 Å². The molecule has 2 saturated carbocycles. The van der Waals surface area contributed by atoms with Crippen LogP contribution in [0.1, 0.15) is 95.5 Å². The minimum absolute atomic E-state index is 0.0295. The monoisotopic (exact) mass is 1130 g/mol. The number of carbonyl (C=O) groups is 4. The number of fused-ring (bicyclic) bond motifs is 6. The lowest BCUT2D eigenvalue weighted by Gasteiger charge is -2.55. The van der Waals surface area contributed by atoms with Gasteiger partial charge in [0.15, 0.2) is 0 Å². The fourth-order valence-electron chi connectivity index (χ4n) is 13.3. The number of likely N-dealkylation sites (tertiary alicyclic amines) is 1. The predicted octanol–water partition coefficient (Wildman–Crippen LogP) is 5.72. The van der Waals surface area contributed by atoms with Crippen LogP contribution in [0.15, 0.2) is 35.8 Å². The summed E-state index contributed by atoms with van der Waals surface area (Å²) in [6, 6.07) is 5.56. The number of morpholine rings is 1. The van der Waals surface area contributed by atoms with Gasteiger partial charge in [0, 0.05) is 104 Å². The Kier molecular flexibility index (Phi) is 14.9. The molecule has 3 aromatic heterocycles. The summed E-state index contributed by atoms with van der Waals surface area (Å²) in [5.74, 6) is -0.771. The van der Waals surface area contributed by atoms with E-state index in [2.05, 4.69) is 30.8 Å². The predicted molar refractivity (Wildman–Crippen MR) is 295 cm³/mol. The van der Waals surface area contributed by atoms with Crippen molar-refractivity contribution in [1.82, 2.24) is 50.3 Å². The molecular weight excluding hydrogens is 1050 g/mol. The molecule has 6 aliphatic heterocycles. The molecule has 9 heterocycles. The first-order chi connectivity index (χ1) is 38.2. The van der Waals surface area contributed by atoms with Gasteiger partial charge in [-0.1, -0.05) is 33.8 Å². The van der Waals surface area contributed by atoms with E-state index in [-0.39, 0.29) is 55.8 Å². The third-order valence-corrected chi connectivity index (χ3v) is 18.7. The second-order valence-corrected chi connectivity index (χ2v) is 26.0. The molecule has 6 bridgehead atoms. The quantitative estimate of drug-likeness (QED) is 0.116. The number of hydrogen-bond acceptors (Lipinski definition) is 15. The molecule has 12 rings (SSSR count). The van der Waals surface area contributed by atoms with E-state index >= 15 is 13.2 Å². The third kappa shape index (κ3) is 11.3. The number of nitrogens with zero attached hydrogens (tertiary/aromatic N) is 8. The fourth-order valence-corrected chi connectivity index (χ4v) is 14.1. The number of alkyl halides is 3. The van der Waals surface area contributed by atoms with Crippen molar-refractivity contribution in [1.29, 1.82) is 0 Å². The number of methoxy groups -OCH3 is 1.